The molecule has 0 radical (unpaired) electrons. The van der Waals surface area contributed by atoms with E-state index < -0.39 is 0 Å². The van der Waals surface area contributed by atoms with E-state index in [9.17, 15) is 9.59 Å². The third-order valence-electron chi connectivity index (χ3n) is 8.45. The Balaban J connectivity index is 1.65. The SMILES string of the molecule is COC(=O)[C@H]1CC[C@H]2[C@H]3CCC4=CC(=O)CC[C@@]4(C)[C@@H]3CC[C@]12C. The third-order valence-corrected chi connectivity index (χ3v) is 8.45. The summed E-state index contributed by atoms with van der Waals surface area (Å²) in [5.74, 6) is 2.48. The number of fused-ring (bicyclic) bond motifs is 5. The second kappa shape index (κ2) is 5.44. The minimum absolute atomic E-state index is 0.00400. The maximum Gasteiger partial charge on any atom is 0.309 e. The average molecular weight is 330 g/mol. The van der Waals surface area contributed by atoms with Crippen LogP contribution in [0.25, 0.3) is 0 Å². The fourth-order valence-electron chi connectivity index (χ4n) is 7.09. The highest BCUT2D eigenvalue weighted by atomic mass is 16.5. The standard InChI is InChI=1S/C21H30O3/c1-20-10-8-14(22)12-13(20)4-5-15-16-6-7-18(19(23)24-3)21(16,2)11-9-17(15)20/h12,15-18H,4-11H2,1-3H3/t15-,16+,17-,18-,20-,21+/m1/s1. The smallest absolute Gasteiger partial charge is 0.309 e. The molecule has 132 valence electrons. The molecule has 3 saturated carbocycles. The molecule has 0 aromatic rings. The molecule has 3 heteroatoms. The second-order valence-corrected chi connectivity index (χ2v) is 9.17. The molecule has 0 spiro atoms. The monoisotopic (exact) mass is 330 g/mol. The summed E-state index contributed by atoms with van der Waals surface area (Å²) in [5, 5.41) is 0. The Morgan fingerprint density at radius 2 is 1.88 bits per heavy atom. The number of carbonyl (C=O) groups excluding carboxylic acids is 2. The Morgan fingerprint density at radius 1 is 1.08 bits per heavy atom. The molecule has 0 heterocycles. The maximum absolute atomic E-state index is 12.3. The van der Waals surface area contributed by atoms with Crippen molar-refractivity contribution < 1.29 is 14.3 Å². The normalized spacial score (nSPS) is 47.3. The molecule has 3 fully saturated rings. The van der Waals surface area contributed by atoms with Gasteiger partial charge in [-0.2, -0.15) is 0 Å². The van der Waals surface area contributed by atoms with Crippen LogP contribution in [-0.4, -0.2) is 18.9 Å². The molecule has 0 aromatic carbocycles. The van der Waals surface area contributed by atoms with Gasteiger partial charge in [-0.25, -0.2) is 0 Å². The van der Waals surface area contributed by atoms with Crippen molar-refractivity contribution in [3.63, 3.8) is 0 Å². The molecule has 0 saturated heterocycles. The fraction of sp³-hybridized carbons (Fsp3) is 0.810. The predicted molar refractivity (Wildman–Crippen MR) is 92.2 cm³/mol. The Bertz CT molecular complexity index is 606. The lowest BCUT2D eigenvalue weighted by Gasteiger charge is -2.57. The number of carbonyl (C=O) groups is 2. The zero-order valence-corrected chi connectivity index (χ0v) is 15.3. The number of methoxy groups -OCH3 is 1. The molecule has 4 rings (SSSR count). The van der Waals surface area contributed by atoms with Crippen molar-refractivity contribution in [3.8, 4) is 0 Å². The van der Waals surface area contributed by atoms with Crippen molar-refractivity contribution >= 4 is 11.8 Å². The molecule has 24 heavy (non-hydrogen) atoms. The van der Waals surface area contributed by atoms with Gasteiger partial charge in [0.15, 0.2) is 5.78 Å². The highest BCUT2D eigenvalue weighted by molar-refractivity contribution is 5.91. The summed E-state index contributed by atoms with van der Waals surface area (Å²) >= 11 is 0. The summed E-state index contributed by atoms with van der Waals surface area (Å²) in [4.78, 5) is 24.2. The van der Waals surface area contributed by atoms with E-state index in [0.29, 0.717) is 23.5 Å². The van der Waals surface area contributed by atoms with E-state index in [-0.39, 0.29) is 22.7 Å². The van der Waals surface area contributed by atoms with Gasteiger partial charge in [-0.3, -0.25) is 9.59 Å². The molecule has 0 bridgehead atoms. The summed E-state index contributed by atoms with van der Waals surface area (Å²) in [6.07, 6.45) is 10.5. The van der Waals surface area contributed by atoms with Crippen molar-refractivity contribution in [1.29, 1.82) is 0 Å². The molecule has 3 nitrogen and oxygen atoms in total. The lowest BCUT2D eigenvalue weighted by atomic mass is 9.47. The minimum atomic E-state index is 0.00400. The molecule has 6 atom stereocenters. The number of hydrogen-bond donors (Lipinski definition) is 0. The van der Waals surface area contributed by atoms with Gasteiger partial charge in [0.1, 0.15) is 0 Å². The zero-order valence-electron chi connectivity index (χ0n) is 15.3. The van der Waals surface area contributed by atoms with E-state index in [1.165, 1.54) is 31.9 Å². The van der Waals surface area contributed by atoms with Crippen LogP contribution in [0.4, 0.5) is 0 Å². The van der Waals surface area contributed by atoms with Crippen molar-refractivity contribution in [1.82, 2.24) is 0 Å². The first-order valence-electron chi connectivity index (χ1n) is 9.72. The van der Waals surface area contributed by atoms with Crippen LogP contribution in [0.1, 0.15) is 65.2 Å². The van der Waals surface area contributed by atoms with Crippen LogP contribution in [0.3, 0.4) is 0 Å². The average Bonchev–Trinajstić information content (AvgIpc) is 2.92. The van der Waals surface area contributed by atoms with Gasteiger partial charge in [-0.15, -0.1) is 0 Å². The first-order valence-corrected chi connectivity index (χ1v) is 9.72. The molecular formula is C21H30O3. The van der Waals surface area contributed by atoms with Crippen molar-refractivity contribution in [2.24, 2.45) is 34.5 Å². The van der Waals surface area contributed by atoms with Crippen molar-refractivity contribution in [2.75, 3.05) is 7.11 Å². The third kappa shape index (κ3) is 2.09. The van der Waals surface area contributed by atoms with E-state index in [1.807, 2.05) is 6.08 Å². The number of esters is 1. The van der Waals surface area contributed by atoms with Gasteiger partial charge >= 0.3 is 5.97 Å². The molecule has 0 aromatic heterocycles. The van der Waals surface area contributed by atoms with E-state index in [4.69, 9.17) is 4.74 Å². The summed E-state index contributed by atoms with van der Waals surface area (Å²) in [5.41, 5.74) is 1.77. The van der Waals surface area contributed by atoms with E-state index in [1.54, 1.807) is 0 Å². The second-order valence-electron chi connectivity index (χ2n) is 9.17. The Morgan fingerprint density at radius 3 is 2.62 bits per heavy atom. The molecule has 0 amide bonds. The number of hydrogen-bond acceptors (Lipinski definition) is 3. The summed E-state index contributed by atoms with van der Waals surface area (Å²) in [6.45, 7) is 4.76. The van der Waals surface area contributed by atoms with Crippen LogP contribution in [0.2, 0.25) is 0 Å². The predicted octanol–water partition coefficient (Wildman–Crippen LogP) is 4.31. The van der Waals surface area contributed by atoms with Crippen LogP contribution >= 0.6 is 0 Å². The highest BCUT2D eigenvalue weighted by Gasteiger charge is 2.60. The number of ketones is 1. The van der Waals surface area contributed by atoms with Gasteiger partial charge in [0.05, 0.1) is 13.0 Å². The summed E-state index contributed by atoms with van der Waals surface area (Å²) in [6, 6.07) is 0. The van der Waals surface area contributed by atoms with Gasteiger partial charge in [0, 0.05) is 6.42 Å². The maximum atomic E-state index is 12.3. The van der Waals surface area contributed by atoms with Gasteiger partial charge in [-0.05, 0) is 79.6 Å². The number of allylic oxidation sites excluding steroid dienone is 1. The van der Waals surface area contributed by atoms with Gasteiger partial charge < -0.3 is 4.74 Å². The minimum Gasteiger partial charge on any atom is -0.469 e. The van der Waals surface area contributed by atoms with Crippen LogP contribution in [0.15, 0.2) is 11.6 Å². The van der Waals surface area contributed by atoms with E-state index in [2.05, 4.69) is 13.8 Å². The summed E-state index contributed by atoms with van der Waals surface area (Å²) in [7, 11) is 1.53. The Labute approximate surface area is 145 Å². The zero-order chi connectivity index (χ0) is 17.1. The fourth-order valence-corrected chi connectivity index (χ4v) is 7.09. The van der Waals surface area contributed by atoms with Crippen molar-refractivity contribution in [2.45, 2.75) is 65.2 Å². The van der Waals surface area contributed by atoms with Gasteiger partial charge in [-0.1, -0.05) is 19.4 Å². The lowest BCUT2D eigenvalue weighted by Crippen LogP contribution is -2.51. The van der Waals surface area contributed by atoms with Crippen LogP contribution < -0.4 is 0 Å². The molecule has 4 aliphatic carbocycles. The first kappa shape index (κ1) is 16.4. The molecular weight excluding hydrogens is 300 g/mol. The summed E-state index contributed by atoms with van der Waals surface area (Å²) < 4.78 is 5.12. The Kier molecular flexibility index (Phi) is 3.71. The largest absolute Gasteiger partial charge is 0.469 e. The number of rotatable bonds is 1. The molecule has 0 unspecified atom stereocenters. The lowest BCUT2D eigenvalue weighted by molar-refractivity contribution is -0.152. The quantitative estimate of drug-likeness (QED) is 0.673. The van der Waals surface area contributed by atoms with E-state index >= 15 is 0 Å². The first-order chi connectivity index (χ1) is 11.4. The van der Waals surface area contributed by atoms with Crippen LogP contribution in [-0.2, 0) is 14.3 Å². The topological polar surface area (TPSA) is 43.4 Å². The van der Waals surface area contributed by atoms with Gasteiger partial charge in [0.25, 0.3) is 0 Å². The molecule has 4 aliphatic rings. The molecule has 0 aliphatic heterocycles. The van der Waals surface area contributed by atoms with Gasteiger partial charge in [0.2, 0.25) is 0 Å². The van der Waals surface area contributed by atoms with Crippen LogP contribution in [0.5, 0.6) is 0 Å². The molecule has 0 N–H and O–H groups in total. The van der Waals surface area contributed by atoms with Crippen LogP contribution in [0, 0.1) is 34.5 Å². The van der Waals surface area contributed by atoms with E-state index in [0.717, 1.165) is 32.1 Å². The van der Waals surface area contributed by atoms with Crippen molar-refractivity contribution in [3.05, 3.63) is 11.6 Å². The number of ether oxygens (including phenoxy) is 1. The Hall–Kier alpha value is -1.12. The highest BCUT2D eigenvalue weighted by Crippen LogP contribution is 2.66.